The molecule has 0 bridgehead atoms. The first-order chi connectivity index (χ1) is 6.75. The summed E-state index contributed by atoms with van der Waals surface area (Å²) >= 11 is 0. The maximum Gasteiger partial charge on any atom is 0.309 e. The van der Waals surface area contributed by atoms with Crippen LogP contribution in [0.4, 0.5) is 0 Å². The van der Waals surface area contributed by atoms with Crippen molar-refractivity contribution in [1.29, 1.82) is 0 Å². The third-order valence-electron chi connectivity index (χ3n) is 2.31. The maximum absolute atomic E-state index is 10.4. The normalized spacial score (nSPS) is 21.3. The van der Waals surface area contributed by atoms with Crippen LogP contribution in [0.3, 0.4) is 0 Å². The van der Waals surface area contributed by atoms with Crippen molar-refractivity contribution in [1.82, 2.24) is 9.97 Å². The van der Waals surface area contributed by atoms with Crippen molar-refractivity contribution in [3.05, 3.63) is 17.7 Å². The molecule has 5 heteroatoms. The van der Waals surface area contributed by atoms with Crippen LogP contribution in [0.5, 0.6) is 0 Å². The summed E-state index contributed by atoms with van der Waals surface area (Å²) in [5, 5.41) is 8.57. The third kappa shape index (κ3) is 1.93. The Hall–Kier alpha value is -1.36. The highest BCUT2D eigenvalue weighted by molar-refractivity contribution is 5.69. The van der Waals surface area contributed by atoms with E-state index >= 15 is 0 Å². The predicted octanol–water partition coefficient (Wildman–Crippen LogP) is 0.541. The van der Waals surface area contributed by atoms with Crippen LogP contribution in [0.15, 0.2) is 6.20 Å². The van der Waals surface area contributed by atoms with E-state index in [0.29, 0.717) is 18.2 Å². The Morgan fingerprint density at radius 2 is 2.64 bits per heavy atom. The lowest BCUT2D eigenvalue weighted by atomic mass is 10.1. The molecule has 0 spiro atoms. The number of hydrogen-bond donors (Lipinski definition) is 2. The van der Waals surface area contributed by atoms with E-state index in [1.54, 1.807) is 6.20 Å². The molecule has 0 aliphatic carbocycles. The Balaban J connectivity index is 2.05. The number of nitrogens with zero attached hydrogens (tertiary/aromatic N) is 1. The van der Waals surface area contributed by atoms with E-state index < -0.39 is 5.97 Å². The quantitative estimate of drug-likeness (QED) is 0.739. The molecule has 1 saturated heterocycles. The average molecular weight is 196 g/mol. The topological polar surface area (TPSA) is 75.2 Å². The van der Waals surface area contributed by atoms with Gasteiger partial charge >= 0.3 is 5.97 Å². The summed E-state index contributed by atoms with van der Waals surface area (Å²) in [6.45, 7) is 1.44. The van der Waals surface area contributed by atoms with Gasteiger partial charge in [0.15, 0.2) is 0 Å². The first kappa shape index (κ1) is 9.21. The number of nitrogens with one attached hydrogen (secondary N) is 1. The zero-order valence-electron chi connectivity index (χ0n) is 7.69. The van der Waals surface area contributed by atoms with Crippen molar-refractivity contribution in [2.45, 2.75) is 18.8 Å². The first-order valence-corrected chi connectivity index (χ1v) is 4.59. The minimum atomic E-state index is -0.845. The second kappa shape index (κ2) is 3.79. The van der Waals surface area contributed by atoms with Gasteiger partial charge in [0, 0.05) is 24.4 Å². The predicted molar refractivity (Wildman–Crippen MR) is 48.1 cm³/mol. The number of H-pyrrole nitrogens is 1. The number of aromatic amines is 1. The Morgan fingerprint density at radius 3 is 3.29 bits per heavy atom. The number of rotatable bonds is 3. The van der Waals surface area contributed by atoms with Gasteiger partial charge in [0.25, 0.3) is 0 Å². The van der Waals surface area contributed by atoms with E-state index in [2.05, 4.69) is 9.97 Å². The molecule has 1 aromatic heterocycles. The van der Waals surface area contributed by atoms with Gasteiger partial charge in [-0.2, -0.15) is 0 Å². The molecule has 5 nitrogen and oxygen atoms in total. The third-order valence-corrected chi connectivity index (χ3v) is 2.31. The largest absolute Gasteiger partial charge is 0.481 e. The molecular weight excluding hydrogens is 184 g/mol. The number of aliphatic carboxylic acids is 1. The molecule has 1 aromatic rings. The number of carboxylic acid groups (broad SMARTS) is 1. The van der Waals surface area contributed by atoms with Crippen LogP contribution in [0.2, 0.25) is 0 Å². The number of ether oxygens (including phenoxy) is 1. The molecule has 76 valence electrons. The van der Waals surface area contributed by atoms with Crippen molar-refractivity contribution < 1.29 is 14.6 Å². The van der Waals surface area contributed by atoms with Gasteiger partial charge in [0.05, 0.1) is 13.0 Å². The zero-order chi connectivity index (χ0) is 9.97. The van der Waals surface area contributed by atoms with Crippen molar-refractivity contribution in [2.75, 3.05) is 13.2 Å². The van der Waals surface area contributed by atoms with E-state index in [1.807, 2.05) is 0 Å². The minimum absolute atomic E-state index is 0.000573. The number of hydrogen-bond acceptors (Lipinski definition) is 3. The van der Waals surface area contributed by atoms with Gasteiger partial charge in [0.2, 0.25) is 0 Å². The van der Waals surface area contributed by atoms with Crippen molar-refractivity contribution in [3.8, 4) is 0 Å². The summed E-state index contributed by atoms with van der Waals surface area (Å²) in [6, 6.07) is 0. The standard InChI is InChI=1S/C9H12N2O3/c12-8(13)3-7-4-10-9(11-7)6-1-2-14-5-6/h4,6H,1-3,5H2,(H,10,11)(H,12,13). The van der Waals surface area contributed by atoms with E-state index in [9.17, 15) is 4.79 Å². The van der Waals surface area contributed by atoms with E-state index in [-0.39, 0.29) is 6.42 Å². The Labute approximate surface area is 81.1 Å². The molecule has 2 rings (SSSR count). The summed E-state index contributed by atoms with van der Waals surface area (Å²) in [4.78, 5) is 17.6. The summed E-state index contributed by atoms with van der Waals surface area (Å²) in [5.41, 5.74) is 0.652. The first-order valence-electron chi connectivity index (χ1n) is 4.59. The second-order valence-corrected chi connectivity index (χ2v) is 3.42. The molecule has 1 unspecified atom stereocenters. The van der Waals surface area contributed by atoms with Crippen molar-refractivity contribution >= 4 is 5.97 Å². The van der Waals surface area contributed by atoms with Crippen LogP contribution in [0.25, 0.3) is 0 Å². The monoisotopic (exact) mass is 196 g/mol. The summed E-state index contributed by atoms with van der Waals surface area (Å²) in [5.74, 6) is 0.305. The summed E-state index contributed by atoms with van der Waals surface area (Å²) in [7, 11) is 0. The number of carboxylic acids is 1. The minimum Gasteiger partial charge on any atom is -0.481 e. The number of imidazole rings is 1. The van der Waals surface area contributed by atoms with E-state index in [4.69, 9.17) is 9.84 Å². The fourth-order valence-electron chi connectivity index (χ4n) is 1.59. The molecule has 1 aliphatic rings. The highest BCUT2D eigenvalue weighted by Gasteiger charge is 2.20. The zero-order valence-corrected chi connectivity index (χ0v) is 7.69. The van der Waals surface area contributed by atoms with Crippen LogP contribution in [0, 0.1) is 0 Å². The van der Waals surface area contributed by atoms with Crippen LogP contribution < -0.4 is 0 Å². The van der Waals surface area contributed by atoms with Crippen LogP contribution in [-0.2, 0) is 16.0 Å². The van der Waals surface area contributed by atoms with Crippen LogP contribution >= 0.6 is 0 Å². The highest BCUT2D eigenvalue weighted by atomic mass is 16.5. The van der Waals surface area contributed by atoms with Gasteiger partial charge in [-0.3, -0.25) is 4.79 Å². The van der Waals surface area contributed by atoms with E-state index in [1.165, 1.54) is 0 Å². The molecule has 0 radical (unpaired) electrons. The van der Waals surface area contributed by atoms with Crippen molar-refractivity contribution in [2.24, 2.45) is 0 Å². The van der Waals surface area contributed by atoms with Gasteiger partial charge in [-0.1, -0.05) is 0 Å². The Morgan fingerprint density at radius 1 is 1.79 bits per heavy atom. The highest BCUT2D eigenvalue weighted by Crippen LogP contribution is 2.22. The fraction of sp³-hybridized carbons (Fsp3) is 0.556. The second-order valence-electron chi connectivity index (χ2n) is 3.42. The lowest BCUT2D eigenvalue weighted by Gasteiger charge is -2.01. The Kier molecular flexibility index (Phi) is 2.49. The molecule has 14 heavy (non-hydrogen) atoms. The van der Waals surface area contributed by atoms with Gasteiger partial charge < -0.3 is 14.8 Å². The number of carbonyl (C=O) groups is 1. The molecule has 2 heterocycles. The SMILES string of the molecule is O=C(O)Cc1cnc(C2CCOC2)[nH]1. The smallest absolute Gasteiger partial charge is 0.309 e. The van der Waals surface area contributed by atoms with E-state index in [0.717, 1.165) is 18.9 Å². The van der Waals surface area contributed by atoms with Crippen molar-refractivity contribution in [3.63, 3.8) is 0 Å². The van der Waals surface area contributed by atoms with Crippen LogP contribution in [-0.4, -0.2) is 34.3 Å². The van der Waals surface area contributed by atoms with Gasteiger partial charge in [-0.05, 0) is 6.42 Å². The Bertz CT molecular complexity index is 329. The average Bonchev–Trinajstić information content (AvgIpc) is 2.69. The molecule has 1 atom stereocenters. The van der Waals surface area contributed by atoms with Crippen LogP contribution in [0.1, 0.15) is 23.9 Å². The maximum atomic E-state index is 10.4. The molecule has 0 saturated carbocycles. The summed E-state index contributed by atoms with van der Waals surface area (Å²) in [6.07, 6.45) is 2.54. The number of aromatic nitrogens is 2. The molecular formula is C9H12N2O3. The fourth-order valence-corrected chi connectivity index (χ4v) is 1.59. The molecule has 2 N–H and O–H groups in total. The molecule has 1 aliphatic heterocycles. The lowest BCUT2D eigenvalue weighted by Crippen LogP contribution is -2.02. The van der Waals surface area contributed by atoms with Gasteiger partial charge in [-0.15, -0.1) is 0 Å². The summed E-state index contributed by atoms with van der Waals surface area (Å²) < 4.78 is 5.23. The lowest BCUT2D eigenvalue weighted by molar-refractivity contribution is -0.136. The molecule has 1 fully saturated rings. The van der Waals surface area contributed by atoms with Gasteiger partial charge in [0.1, 0.15) is 5.82 Å². The molecule has 0 amide bonds. The van der Waals surface area contributed by atoms with Gasteiger partial charge in [-0.25, -0.2) is 4.98 Å². The molecule has 0 aromatic carbocycles.